The van der Waals surface area contributed by atoms with Crippen LogP contribution in [-0.4, -0.2) is 30.3 Å². The summed E-state index contributed by atoms with van der Waals surface area (Å²) in [6.45, 7) is 4.70. The van der Waals surface area contributed by atoms with Crippen LogP contribution in [0.2, 0.25) is 0 Å². The maximum atomic E-state index is 14.2. The van der Waals surface area contributed by atoms with Crippen LogP contribution >= 0.6 is 0 Å². The van der Waals surface area contributed by atoms with Crippen molar-refractivity contribution in [3.05, 3.63) is 30.1 Å². The molecule has 3 rings (SSSR count). The number of halogens is 1. The van der Waals surface area contributed by atoms with Crippen molar-refractivity contribution in [3.63, 3.8) is 0 Å². The number of nitrogens with zero attached hydrogens (tertiary/aromatic N) is 2. The van der Waals surface area contributed by atoms with E-state index in [9.17, 15) is 4.39 Å². The largest absolute Gasteiger partial charge is 0.375 e. The first-order chi connectivity index (χ1) is 9.52. The second-order valence-electron chi connectivity index (χ2n) is 5.85. The number of ether oxygens (including phenoxy) is 1. The molecule has 20 heavy (non-hydrogen) atoms. The van der Waals surface area contributed by atoms with Crippen LogP contribution in [0.4, 0.5) is 10.1 Å². The third-order valence-corrected chi connectivity index (χ3v) is 4.13. The van der Waals surface area contributed by atoms with Crippen LogP contribution in [-0.2, 0) is 4.74 Å². The Bertz CT molecular complexity index is 536. The Labute approximate surface area is 118 Å². The molecule has 0 saturated carbocycles. The van der Waals surface area contributed by atoms with Gasteiger partial charge in [-0.3, -0.25) is 4.99 Å². The van der Waals surface area contributed by atoms with Gasteiger partial charge in [0.2, 0.25) is 0 Å². The molecule has 2 aliphatic heterocycles. The molecular formula is C15H20FN3O. The molecule has 4 nitrogen and oxygen atoms in total. The molecule has 0 bridgehead atoms. The lowest BCUT2D eigenvalue weighted by atomic mass is 9.83. The highest BCUT2D eigenvalue weighted by atomic mass is 19.1. The van der Waals surface area contributed by atoms with Gasteiger partial charge in [0.1, 0.15) is 5.82 Å². The molecule has 2 atom stereocenters. The van der Waals surface area contributed by atoms with Gasteiger partial charge < -0.3 is 15.4 Å². The van der Waals surface area contributed by atoms with Crippen molar-refractivity contribution in [2.45, 2.75) is 44.4 Å². The van der Waals surface area contributed by atoms with E-state index in [1.807, 2.05) is 24.8 Å². The van der Waals surface area contributed by atoms with Crippen molar-refractivity contribution < 1.29 is 9.13 Å². The SMILES string of the molecule is CC1CC2(CN=C(N)N2c2ccccc2F)CC(C)O1. The normalized spacial score (nSPS) is 33.5. The van der Waals surface area contributed by atoms with Gasteiger partial charge in [-0.25, -0.2) is 4.39 Å². The standard InChI is InChI=1S/C15H20FN3O/c1-10-7-15(8-11(2)20-10)9-18-14(17)19(15)13-6-4-3-5-12(13)16/h3-6,10-11H,7-9H2,1-2H3,(H2,17,18). The fourth-order valence-electron chi connectivity index (χ4n) is 3.58. The lowest BCUT2D eigenvalue weighted by molar-refractivity contribution is -0.0560. The Kier molecular flexibility index (Phi) is 3.17. The van der Waals surface area contributed by atoms with E-state index < -0.39 is 0 Å². The van der Waals surface area contributed by atoms with Crippen LogP contribution in [0.3, 0.4) is 0 Å². The van der Waals surface area contributed by atoms with E-state index in [2.05, 4.69) is 4.99 Å². The number of para-hydroxylation sites is 1. The number of hydrogen-bond donors (Lipinski definition) is 1. The molecule has 1 fully saturated rings. The Morgan fingerprint density at radius 3 is 2.60 bits per heavy atom. The van der Waals surface area contributed by atoms with E-state index in [1.165, 1.54) is 6.07 Å². The van der Waals surface area contributed by atoms with E-state index in [-0.39, 0.29) is 23.6 Å². The average molecular weight is 277 g/mol. The molecule has 0 amide bonds. The van der Waals surface area contributed by atoms with Gasteiger partial charge in [0.25, 0.3) is 0 Å². The first-order valence-electron chi connectivity index (χ1n) is 7.02. The first-order valence-corrected chi connectivity index (χ1v) is 7.02. The molecule has 0 aliphatic carbocycles. The zero-order chi connectivity index (χ0) is 14.3. The summed E-state index contributed by atoms with van der Waals surface area (Å²) >= 11 is 0. The van der Waals surface area contributed by atoms with Crippen molar-refractivity contribution in [2.24, 2.45) is 10.7 Å². The van der Waals surface area contributed by atoms with E-state index in [1.54, 1.807) is 12.1 Å². The zero-order valence-corrected chi connectivity index (χ0v) is 11.8. The lowest BCUT2D eigenvalue weighted by Crippen LogP contribution is -2.58. The topological polar surface area (TPSA) is 50.8 Å². The van der Waals surface area contributed by atoms with Crippen molar-refractivity contribution in [1.29, 1.82) is 0 Å². The molecule has 1 spiro atoms. The molecule has 1 aromatic carbocycles. The molecule has 108 valence electrons. The van der Waals surface area contributed by atoms with Crippen molar-refractivity contribution in [3.8, 4) is 0 Å². The minimum Gasteiger partial charge on any atom is -0.375 e. The predicted octanol–water partition coefficient (Wildman–Crippen LogP) is 2.29. The van der Waals surface area contributed by atoms with Crippen molar-refractivity contribution >= 4 is 11.6 Å². The van der Waals surface area contributed by atoms with Crippen LogP contribution in [0.1, 0.15) is 26.7 Å². The summed E-state index contributed by atoms with van der Waals surface area (Å²) < 4.78 is 20.0. The summed E-state index contributed by atoms with van der Waals surface area (Å²) in [6.07, 6.45) is 1.84. The molecule has 0 aromatic heterocycles. The van der Waals surface area contributed by atoms with Crippen LogP contribution in [0, 0.1) is 5.82 Å². The van der Waals surface area contributed by atoms with Crippen molar-refractivity contribution in [2.75, 3.05) is 11.4 Å². The Morgan fingerprint density at radius 2 is 1.95 bits per heavy atom. The second kappa shape index (κ2) is 4.74. The molecule has 2 aliphatic rings. The summed E-state index contributed by atoms with van der Waals surface area (Å²) in [7, 11) is 0. The van der Waals surface area contributed by atoms with Crippen LogP contribution in [0.25, 0.3) is 0 Å². The highest BCUT2D eigenvalue weighted by molar-refractivity contribution is 5.98. The molecule has 2 N–H and O–H groups in total. The minimum atomic E-state index is -0.265. The molecule has 2 heterocycles. The molecule has 1 aromatic rings. The van der Waals surface area contributed by atoms with E-state index in [0.29, 0.717) is 18.2 Å². The third-order valence-electron chi connectivity index (χ3n) is 4.13. The predicted molar refractivity (Wildman–Crippen MR) is 77.3 cm³/mol. The Morgan fingerprint density at radius 1 is 1.30 bits per heavy atom. The van der Waals surface area contributed by atoms with Gasteiger partial charge >= 0.3 is 0 Å². The quantitative estimate of drug-likeness (QED) is 0.857. The van der Waals surface area contributed by atoms with Crippen LogP contribution < -0.4 is 10.6 Å². The zero-order valence-electron chi connectivity index (χ0n) is 11.8. The lowest BCUT2D eigenvalue weighted by Gasteiger charge is -2.46. The maximum Gasteiger partial charge on any atom is 0.196 e. The second-order valence-corrected chi connectivity index (χ2v) is 5.85. The maximum absolute atomic E-state index is 14.2. The summed E-state index contributed by atoms with van der Waals surface area (Å²) in [5.74, 6) is 0.134. The third kappa shape index (κ3) is 2.06. The number of anilines is 1. The average Bonchev–Trinajstić information content (AvgIpc) is 2.66. The highest BCUT2D eigenvalue weighted by Gasteiger charge is 2.48. The van der Waals surface area contributed by atoms with Gasteiger partial charge in [0, 0.05) is 0 Å². The van der Waals surface area contributed by atoms with Gasteiger partial charge in [-0.05, 0) is 38.8 Å². The minimum absolute atomic E-state index is 0.120. The van der Waals surface area contributed by atoms with E-state index in [4.69, 9.17) is 10.5 Å². The van der Waals surface area contributed by atoms with Gasteiger partial charge in [0.05, 0.1) is 30.0 Å². The van der Waals surface area contributed by atoms with E-state index >= 15 is 0 Å². The number of hydrogen-bond acceptors (Lipinski definition) is 4. The number of aliphatic imine (C=N–C) groups is 1. The number of benzene rings is 1. The Hall–Kier alpha value is -1.62. The summed E-state index contributed by atoms with van der Waals surface area (Å²) in [5, 5.41) is 0. The summed E-state index contributed by atoms with van der Waals surface area (Å²) in [6, 6.07) is 6.73. The van der Waals surface area contributed by atoms with Crippen molar-refractivity contribution in [1.82, 2.24) is 0 Å². The smallest absolute Gasteiger partial charge is 0.196 e. The summed E-state index contributed by atoms with van der Waals surface area (Å²) in [5.41, 5.74) is 6.29. The van der Waals surface area contributed by atoms with Gasteiger partial charge in [-0.2, -0.15) is 0 Å². The fraction of sp³-hybridized carbons (Fsp3) is 0.533. The monoisotopic (exact) mass is 277 g/mol. The molecule has 2 unspecified atom stereocenters. The Balaban J connectivity index is 2.02. The van der Waals surface area contributed by atoms with Gasteiger partial charge in [-0.15, -0.1) is 0 Å². The summed E-state index contributed by atoms with van der Waals surface area (Å²) in [4.78, 5) is 6.25. The fourth-order valence-corrected chi connectivity index (χ4v) is 3.58. The molecule has 0 radical (unpaired) electrons. The van der Waals surface area contributed by atoms with Crippen LogP contribution in [0.5, 0.6) is 0 Å². The number of nitrogens with two attached hydrogens (primary N) is 1. The first kappa shape index (κ1) is 13.4. The molecule has 5 heteroatoms. The number of guanidine groups is 1. The van der Waals surface area contributed by atoms with Crippen LogP contribution in [0.15, 0.2) is 29.3 Å². The highest BCUT2D eigenvalue weighted by Crippen LogP contribution is 2.40. The number of rotatable bonds is 1. The molecular weight excluding hydrogens is 257 g/mol. The van der Waals surface area contributed by atoms with Gasteiger partial charge in [-0.1, -0.05) is 12.1 Å². The van der Waals surface area contributed by atoms with E-state index in [0.717, 1.165) is 12.8 Å². The molecule has 1 saturated heterocycles. The van der Waals surface area contributed by atoms with Gasteiger partial charge in [0.15, 0.2) is 5.96 Å².